The number of hydrogen-bond donors (Lipinski definition) is 2. The van der Waals surface area contributed by atoms with E-state index in [2.05, 4.69) is 4.90 Å². The summed E-state index contributed by atoms with van der Waals surface area (Å²) in [6, 6.07) is 7.61. The van der Waals surface area contributed by atoms with E-state index in [0.717, 1.165) is 11.3 Å². The quantitative estimate of drug-likeness (QED) is 0.873. The predicted octanol–water partition coefficient (Wildman–Crippen LogP) is 2.08. The van der Waals surface area contributed by atoms with Crippen molar-refractivity contribution in [2.24, 2.45) is 5.92 Å². The van der Waals surface area contributed by atoms with Gasteiger partial charge in [-0.05, 0) is 24.0 Å². The molecule has 2 N–H and O–H groups in total. The SMILES string of the molecule is CC(C)C(O)CN1CCC(C(=O)O)c2ccccc21. The van der Waals surface area contributed by atoms with Gasteiger partial charge in [0.05, 0.1) is 12.0 Å². The van der Waals surface area contributed by atoms with Crippen LogP contribution < -0.4 is 4.90 Å². The maximum Gasteiger partial charge on any atom is 0.311 e. The Morgan fingerprint density at radius 3 is 2.74 bits per heavy atom. The Morgan fingerprint density at radius 1 is 1.42 bits per heavy atom. The second-order valence-electron chi connectivity index (χ2n) is 5.50. The molecule has 4 heteroatoms. The first-order valence-corrected chi connectivity index (χ1v) is 6.75. The summed E-state index contributed by atoms with van der Waals surface area (Å²) in [7, 11) is 0. The second-order valence-corrected chi connectivity index (χ2v) is 5.50. The van der Waals surface area contributed by atoms with Gasteiger partial charge in [-0.25, -0.2) is 0 Å². The average molecular weight is 263 g/mol. The third kappa shape index (κ3) is 2.89. The van der Waals surface area contributed by atoms with Crippen molar-refractivity contribution in [3.05, 3.63) is 29.8 Å². The molecule has 0 aliphatic carbocycles. The van der Waals surface area contributed by atoms with Gasteiger partial charge in [-0.2, -0.15) is 0 Å². The molecular formula is C15H21NO3. The van der Waals surface area contributed by atoms with Crippen molar-refractivity contribution in [1.82, 2.24) is 0 Å². The lowest BCUT2D eigenvalue weighted by molar-refractivity contribution is -0.139. The Labute approximate surface area is 113 Å². The summed E-state index contributed by atoms with van der Waals surface area (Å²) >= 11 is 0. The van der Waals surface area contributed by atoms with Crippen molar-refractivity contribution in [1.29, 1.82) is 0 Å². The number of carboxylic acids is 1. The standard InChI is InChI=1S/C15H21NO3/c1-10(2)14(17)9-16-8-7-12(15(18)19)11-5-3-4-6-13(11)16/h3-6,10,12,14,17H,7-9H2,1-2H3,(H,18,19). The van der Waals surface area contributed by atoms with Gasteiger partial charge < -0.3 is 15.1 Å². The number of carboxylic acid groups (broad SMARTS) is 1. The van der Waals surface area contributed by atoms with Crippen molar-refractivity contribution in [2.75, 3.05) is 18.0 Å². The molecule has 2 atom stereocenters. The predicted molar refractivity (Wildman–Crippen MR) is 74.5 cm³/mol. The first kappa shape index (κ1) is 13.9. The number of β-amino-alcohol motifs (C(OH)–C–C–N with tert-alkyl or cyclic N) is 1. The molecule has 0 saturated heterocycles. The van der Waals surface area contributed by atoms with Gasteiger partial charge in [-0.15, -0.1) is 0 Å². The van der Waals surface area contributed by atoms with E-state index in [1.807, 2.05) is 38.1 Å². The number of nitrogens with zero attached hydrogens (tertiary/aromatic N) is 1. The molecule has 1 heterocycles. The minimum absolute atomic E-state index is 0.198. The lowest BCUT2D eigenvalue weighted by Crippen LogP contribution is -2.40. The van der Waals surface area contributed by atoms with Gasteiger partial charge in [0.25, 0.3) is 0 Å². The lowest BCUT2D eigenvalue weighted by atomic mass is 9.89. The normalized spacial score (nSPS) is 20.2. The molecule has 0 bridgehead atoms. The molecule has 1 aromatic rings. The summed E-state index contributed by atoms with van der Waals surface area (Å²) in [4.78, 5) is 13.4. The van der Waals surface area contributed by atoms with Crippen LogP contribution in [0.4, 0.5) is 5.69 Å². The number of aliphatic hydroxyl groups is 1. The number of aliphatic hydroxyl groups excluding tert-OH is 1. The van der Waals surface area contributed by atoms with Crippen LogP contribution in [-0.4, -0.2) is 35.4 Å². The minimum Gasteiger partial charge on any atom is -0.481 e. The van der Waals surface area contributed by atoms with Crippen molar-refractivity contribution < 1.29 is 15.0 Å². The molecule has 1 aliphatic rings. The molecule has 2 rings (SSSR count). The van der Waals surface area contributed by atoms with Crippen LogP contribution in [-0.2, 0) is 4.79 Å². The minimum atomic E-state index is -0.767. The first-order chi connectivity index (χ1) is 9.00. The molecule has 1 aromatic carbocycles. The maximum atomic E-state index is 11.3. The van der Waals surface area contributed by atoms with Gasteiger partial charge in [0.2, 0.25) is 0 Å². The summed E-state index contributed by atoms with van der Waals surface area (Å²) in [6.45, 7) is 5.21. The number of fused-ring (bicyclic) bond motifs is 1. The number of benzene rings is 1. The first-order valence-electron chi connectivity index (χ1n) is 6.75. The zero-order chi connectivity index (χ0) is 14.0. The number of carbonyl (C=O) groups is 1. The van der Waals surface area contributed by atoms with Crippen LogP contribution in [0.5, 0.6) is 0 Å². The molecule has 0 saturated carbocycles. The Balaban J connectivity index is 2.25. The van der Waals surface area contributed by atoms with Crippen molar-refractivity contribution in [3.63, 3.8) is 0 Å². The van der Waals surface area contributed by atoms with Gasteiger partial charge in [0, 0.05) is 18.8 Å². The molecule has 0 radical (unpaired) electrons. The van der Waals surface area contributed by atoms with Crippen molar-refractivity contribution >= 4 is 11.7 Å². The second kappa shape index (κ2) is 5.61. The number of aliphatic carboxylic acids is 1. The molecule has 0 amide bonds. The Kier molecular flexibility index (Phi) is 4.10. The molecule has 4 nitrogen and oxygen atoms in total. The van der Waals surface area contributed by atoms with Gasteiger partial charge in [-0.3, -0.25) is 4.79 Å². The van der Waals surface area contributed by atoms with Gasteiger partial charge in [-0.1, -0.05) is 32.0 Å². The van der Waals surface area contributed by atoms with E-state index < -0.39 is 18.0 Å². The van der Waals surface area contributed by atoms with Crippen LogP contribution in [0.25, 0.3) is 0 Å². The van der Waals surface area contributed by atoms with E-state index in [1.165, 1.54) is 0 Å². The molecule has 0 aromatic heterocycles. The summed E-state index contributed by atoms with van der Waals surface area (Å²) in [6.07, 6.45) is 0.200. The number of para-hydroxylation sites is 1. The maximum absolute atomic E-state index is 11.3. The fourth-order valence-electron chi connectivity index (χ4n) is 2.51. The topological polar surface area (TPSA) is 60.8 Å². The summed E-state index contributed by atoms with van der Waals surface area (Å²) in [5, 5.41) is 19.3. The third-order valence-corrected chi connectivity index (χ3v) is 3.82. The Bertz CT molecular complexity index is 458. The van der Waals surface area contributed by atoms with Gasteiger partial charge in [0.1, 0.15) is 0 Å². The zero-order valence-corrected chi connectivity index (χ0v) is 11.4. The molecule has 0 fully saturated rings. The van der Waals surface area contributed by atoms with Gasteiger partial charge in [0.15, 0.2) is 0 Å². The van der Waals surface area contributed by atoms with Crippen LogP contribution in [0.3, 0.4) is 0 Å². The largest absolute Gasteiger partial charge is 0.481 e. The Morgan fingerprint density at radius 2 is 2.11 bits per heavy atom. The van der Waals surface area contributed by atoms with E-state index in [0.29, 0.717) is 19.5 Å². The van der Waals surface area contributed by atoms with Crippen molar-refractivity contribution in [3.8, 4) is 0 Å². The van der Waals surface area contributed by atoms with Crippen LogP contribution in [0, 0.1) is 5.92 Å². The lowest BCUT2D eigenvalue weighted by Gasteiger charge is -2.36. The van der Waals surface area contributed by atoms with Crippen LogP contribution in [0.15, 0.2) is 24.3 Å². The highest BCUT2D eigenvalue weighted by atomic mass is 16.4. The number of anilines is 1. The number of rotatable bonds is 4. The average Bonchev–Trinajstić information content (AvgIpc) is 2.38. The molecule has 19 heavy (non-hydrogen) atoms. The van der Waals surface area contributed by atoms with E-state index in [-0.39, 0.29) is 5.92 Å². The van der Waals surface area contributed by atoms with E-state index in [9.17, 15) is 15.0 Å². The molecule has 2 unspecified atom stereocenters. The smallest absolute Gasteiger partial charge is 0.311 e. The van der Waals surface area contributed by atoms with Crippen LogP contribution in [0.1, 0.15) is 31.7 Å². The molecule has 0 spiro atoms. The van der Waals surface area contributed by atoms with E-state index in [4.69, 9.17) is 0 Å². The van der Waals surface area contributed by atoms with Gasteiger partial charge >= 0.3 is 5.97 Å². The van der Waals surface area contributed by atoms with Crippen LogP contribution in [0.2, 0.25) is 0 Å². The van der Waals surface area contributed by atoms with E-state index >= 15 is 0 Å². The summed E-state index contributed by atoms with van der Waals surface area (Å²) in [5.74, 6) is -0.996. The highest BCUT2D eigenvalue weighted by Crippen LogP contribution is 2.35. The Hall–Kier alpha value is -1.55. The summed E-state index contributed by atoms with van der Waals surface area (Å²) in [5.41, 5.74) is 1.80. The van der Waals surface area contributed by atoms with Crippen molar-refractivity contribution in [2.45, 2.75) is 32.3 Å². The molecular weight excluding hydrogens is 242 g/mol. The fourth-order valence-corrected chi connectivity index (χ4v) is 2.51. The van der Waals surface area contributed by atoms with Crippen LogP contribution >= 0.6 is 0 Å². The highest BCUT2D eigenvalue weighted by Gasteiger charge is 2.30. The number of hydrogen-bond acceptors (Lipinski definition) is 3. The van der Waals surface area contributed by atoms with E-state index in [1.54, 1.807) is 0 Å². The fraction of sp³-hybridized carbons (Fsp3) is 0.533. The summed E-state index contributed by atoms with van der Waals surface area (Å²) < 4.78 is 0. The monoisotopic (exact) mass is 263 g/mol. The highest BCUT2D eigenvalue weighted by molar-refractivity contribution is 5.80. The zero-order valence-electron chi connectivity index (χ0n) is 11.4. The molecule has 1 aliphatic heterocycles. The third-order valence-electron chi connectivity index (χ3n) is 3.82. The molecule has 104 valence electrons.